The van der Waals surface area contributed by atoms with Crippen LogP contribution < -0.4 is 0 Å². The zero-order chi connectivity index (χ0) is 11.2. The third kappa shape index (κ3) is 3.60. The molecule has 2 rings (SSSR count). The van der Waals surface area contributed by atoms with Crippen LogP contribution in [0.15, 0.2) is 30.3 Å². The third-order valence-electron chi connectivity index (χ3n) is 3.32. The standard InChI is InChI=1S/C14H20BrN/c15-10-14-8-4-5-9-16(12-14)11-13-6-2-1-3-7-13/h1-3,6-7,14H,4-5,8-12H2. The lowest BCUT2D eigenvalue weighted by Gasteiger charge is -2.23. The molecule has 2 heteroatoms. The van der Waals surface area contributed by atoms with Crippen LogP contribution >= 0.6 is 15.9 Å². The molecular weight excluding hydrogens is 262 g/mol. The van der Waals surface area contributed by atoms with Gasteiger partial charge in [-0.25, -0.2) is 0 Å². The first-order chi connectivity index (χ1) is 7.88. The van der Waals surface area contributed by atoms with Crippen LogP contribution in [0.4, 0.5) is 0 Å². The molecular formula is C14H20BrN. The molecule has 1 unspecified atom stereocenters. The Labute approximate surface area is 107 Å². The minimum Gasteiger partial charge on any atom is -0.299 e. The van der Waals surface area contributed by atoms with Crippen molar-refractivity contribution in [2.45, 2.75) is 25.8 Å². The van der Waals surface area contributed by atoms with Crippen LogP contribution in [0.3, 0.4) is 0 Å². The number of rotatable bonds is 3. The number of alkyl halides is 1. The molecule has 1 aliphatic heterocycles. The summed E-state index contributed by atoms with van der Waals surface area (Å²) >= 11 is 3.63. The summed E-state index contributed by atoms with van der Waals surface area (Å²) in [7, 11) is 0. The van der Waals surface area contributed by atoms with Gasteiger partial charge in [0, 0.05) is 18.4 Å². The predicted octanol–water partition coefficient (Wildman–Crippen LogP) is 3.68. The summed E-state index contributed by atoms with van der Waals surface area (Å²) in [6.07, 6.45) is 4.13. The fourth-order valence-corrected chi connectivity index (χ4v) is 2.96. The average Bonchev–Trinajstić information content (AvgIpc) is 2.55. The van der Waals surface area contributed by atoms with Crippen LogP contribution in [-0.4, -0.2) is 23.3 Å². The second-order valence-corrected chi connectivity index (χ2v) is 5.38. The van der Waals surface area contributed by atoms with E-state index in [-0.39, 0.29) is 0 Å². The van der Waals surface area contributed by atoms with Gasteiger partial charge in [0.05, 0.1) is 0 Å². The number of hydrogen-bond donors (Lipinski definition) is 0. The first-order valence-corrected chi connectivity index (χ1v) is 7.33. The summed E-state index contributed by atoms with van der Waals surface area (Å²) in [5.74, 6) is 0.839. The third-order valence-corrected chi connectivity index (χ3v) is 4.24. The van der Waals surface area contributed by atoms with Crippen LogP contribution in [0.5, 0.6) is 0 Å². The van der Waals surface area contributed by atoms with E-state index in [9.17, 15) is 0 Å². The van der Waals surface area contributed by atoms with E-state index < -0.39 is 0 Å². The largest absolute Gasteiger partial charge is 0.299 e. The Morgan fingerprint density at radius 3 is 2.75 bits per heavy atom. The minimum absolute atomic E-state index is 0.839. The highest BCUT2D eigenvalue weighted by molar-refractivity contribution is 9.09. The molecule has 16 heavy (non-hydrogen) atoms. The second kappa shape index (κ2) is 6.41. The van der Waals surface area contributed by atoms with Gasteiger partial charge >= 0.3 is 0 Å². The zero-order valence-electron chi connectivity index (χ0n) is 9.74. The van der Waals surface area contributed by atoms with Crippen molar-refractivity contribution in [3.8, 4) is 0 Å². The van der Waals surface area contributed by atoms with Gasteiger partial charge in [-0.2, -0.15) is 0 Å². The van der Waals surface area contributed by atoms with Gasteiger partial charge in [0.25, 0.3) is 0 Å². The van der Waals surface area contributed by atoms with Crippen molar-refractivity contribution in [1.82, 2.24) is 4.90 Å². The van der Waals surface area contributed by atoms with Crippen molar-refractivity contribution < 1.29 is 0 Å². The van der Waals surface area contributed by atoms with Crippen molar-refractivity contribution in [1.29, 1.82) is 0 Å². The Kier molecular flexibility index (Phi) is 4.86. The van der Waals surface area contributed by atoms with Gasteiger partial charge in [-0.1, -0.05) is 52.7 Å². The van der Waals surface area contributed by atoms with Crippen LogP contribution in [-0.2, 0) is 6.54 Å². The van der Waals surface area contributed by atoms with Crippen LogP contribution in [0.2, 0.25) is 0 Å². The van der Waals surface area contributed by atoms with Crippen molar-refractivity contribution in [2.24, 2.45) is 5.92 Å². The van der Waals surface area contributed by atoms with E-state index in [4.69, 9.17) is 0 Å². The van der Waals surface area contributed by atoms with E-state index >= 15 is 0 Å². The van der Waals surface area contributed by atoms with E-state index in [2.05, 4.69) is 51.2 Å². The average molecular weight is 282 g/mol. The highest BCUT2D eigenvalue weighted by Crippen LogP contribution is 2.19. The number of halogens is 1. The van der Waals surface area contributed by atoms with Crippen molar-refractivity contribution >= 4 is 15.9 Å². The highest BCUT2D eigenvalue weighted by Gasteiger charge is 2.16. The normalized spacial score (nSPS) is 22.9. The minimum atomic E-state index is 0.839. The van der Waals surface area contributed by atoms with E-state index in [1.165, 1.54) is 37.9 Å². The smallest absolute Gasteiger partial charge is 0.0233 e. The van der Waals surface area contributed by atoms with Gasteiger partial charge in [-0.15, -0.1) is 0 Å². The second-order valence-electron chi connectivity index (χ2n) is 4.74. The van der Waals surface area contributed by atoms with E-state index in [0.29, 0.717) is 0 Å². The maximum atomic E-state index is 3.63. The fraction of sp³-hybridized carbons (Fsp3) is 0.571. The van der Waals surface area contributed by atoms with Crippen LogP contribution in [0.25, 0.3) is 0 Å². The lowest BCUT2D eigenvalue weighted by molar-refractivity contribution is 0.250. The highest BCUT2D eigenvalue weighted by atomic mass is 79.9. The number of benzene rings is 1. The molecule has 0 aromatic heterocycles. The molecule has 1 atom stereocenters. The molecule has 1 heterocycles. The maximum Gasteiger partial charge on any atom is 0.0233 e. The molecule has 88 valence electrons. The van der Waals surface area contributed by atoms with Crippen molar-refractivity contribution in [3.63, 3.8) is 0 Å². The summed E-state index contributed by atoms with van der Waals surface area (Å²) in [5.41, 5.74) is 1.44. The molecule has 1 fully saturated rings. The van der Waals surface area contributed by atoms with Crippen molar-refractivity contribution in [3.05, 3.63) is 35.9 Å². The van der Waals surface area contributed by atoms with Gasteiger partial charge in [0.1, 0.15) is 0 Å². The molecule has 1 nitrogen and oxygen atoms in total. The Balaban J connectivity index is 1.93. The van der Waals surface area contributed by atoms with E-state index in [0.717, 1.165) is 17.8 Å². The molecule has 0 N–H and O–H groups in total. The van der Waals surface area contributed by atoms with Crippen LogP contribution in [0, 0.1) is 5.92 Å². The summed E-state index contributed by atoms with van der Waals surface area (Å²) in [6.45, 7) is 3.63. The van der Waals surface area contributed by atoms with E-state index in [1.807, 2.05) is 0 Å². The monoisotopic (exact) mass is 281 g/mol. The molecule has 1 aromatic carbocycles. The summed E-state index contributed by atoms with van der Waals surface area (Å²) in [4.78, 5) is 2.61. The number of likely N-dealkylation sites (tertiary alicyclic amines) is 1. The Hall–Kier alpha value is -0.340. The SMILES string of the molecule is BrCC1CCCCN(Cc2ccccc2)C1. The zero-order valence-corrected chi connectivity index (χ0v) is 11.3. The van der Waals surface area contributed by atoms with Gasteiger partial charge in [-0.05, 0) is 30.9 Å². The quantitative estimate of drug-likeness (QED) is 0.764. The molecule has 0 radical (unpaired) electrons. The lowest BCUT2D eigenvalue weighted by atomic mass is 10.1. The van der Waals surface area contributed by atoms with Gasteiger partial charge in [0.15, 0.2) is 0 Å². The Bertz CT molecular complexity index is 299. The molecule has 0 saturated carbocycles. The number of hydrogen-bond acceptors (Lipinski definition) is 1. The van der Waals surface area contributed by atoms with E-state index in [1.54, 1.807) is 0 Å². The van der Waals surface area contributed by atoms with Gasteiger partial charge < -0.3 is 0 Å². The summed E-state index contributed by atoms with van der Waals surface area (Å²) in [5, 5.41) is 1.15. The topological polar surface area (TPSA) is 3.24 Å². The molecule has 0 aliphatic carbocycles. The first kappa shape index (κ1) is 12.1. The fourth-order valence-electron chi connectivity index (χ4n) is 2.43. The Morgan fingerprint density at radius 2 is 2.00 bits per heavy atom. The first-order valence-electron chi connectivity index (χ1n) is 6.20. The number of nitrogens with zero attached hydrogens (tertiary/aromatic N) is 1. The van der Waals surface area contributed by atoms with Crippen LogP contribution in [0.1, 0.15) is 24.8 Å². The lowest BCUT2D eigenvalue weighted by Crippen LogP contribution is -2.28. The summed E-state index contributed by atoms with van der Waals surface area (Å²) in [6, 6.07) is 10.8. The Morgan fingerprint density at radius 1 is 1.19 bits per heavy atom. The molecule has 0 bridgehead atoms. The molecule has 0 amide bonds. The predicted molar refractivity (Wildman–Crippen MR) is 72.9 cm³/mol. The molecule has 1 saturated heterocycles. The van der Waals surface area contributed by atoms with Gasteiger partial charge in [-0.3, -0.25) is 4.90 Å². The molecule has 1 aromatic rings. The maximum absolute atomic E-state index is 3.63. The van der Waals surface area contributed by atoms with Gasteiger partial charge in [0.2, 0.25) is 0 Å². The van der Waals surface area contributed by atoms with Crippen molar-refractivity contribution in [2.75, 3.05) is 18.4 Å². The summed E-state index contributed by atoms with van der Waals surface area (Å²) < 4.78 is 0. The molecule has 1 aliphatic rings. The molecule has 0 spiro atoms.